The molecule has 1 saturated heterocycles. The third-order valence-corrected chi connectivity index (χ3v) is 8.19. The Morgan fingerprint density at radius 3 is 2.38 bits per heavy atom. The molecule has 1 aromatic heterocycles. The second-order valence-corrected chi connectivity index (χ2v) is 12.2. The minimum Gasteiger partial charge on any atom is -0.392 e. The Morgan fingerprint density at radius 1 is 1.02 bits per heavy atom. The summed E-state index contributed by atoms with van der Waals surface area (Å²) in [6, 6.07) is 14.8. The SMILES string of the molecule is CC(C)(C)c1ccc(N(C(=O)C2CC(O)CN2)C(C(=O)NC2CCCCC2)c2cc(=O)[nH]c3ccccc23)cc1. The van der Waals surface area contributed by atoms with Gasteiger partial charge >= 0.3 is 0 Å². The van der Waals surface area contributed by atoms with E-state index < -0.39 is 18.2 Å². The normalized spacial score (nSPS) is 20.8. The lowest BCUT2D eigenvalue weighted by Crippen LogP contribution is -2.51. The van der Waals surface area contributed by atoms with Gasteiger partial charge in [0, 0.05) is 35.2 Å². The lowest BCUT2D eigenvalue weighted by atomic mass is 9.87. The Labute approximate surface area is 235 Å². The van der Waals surface area contributed by atoms with Crippen LogP contribution in [0.5, 0.6) is 0 Å². The van der Waals surface area contributed by atoms with Crippen molar-refractivity contribution in [1.29, 1.82) is 0 Å². The number of nitrogens with zero attached hydrogens (tertiary/aromatic N) is 1. The summed E-state index contributed by atoms with van der Waals surface area (Å²) in [5, 5.41) is 17.3. The molecule has 3 aromatic rings. The van der Waals surface area contributed by atoms with Gasteiger partial charge in [0.2, 0.25) is 17.4 Å². The van der Waals surface area contributed by atoms with Crippen LogP contribution in [0.3, 0.4) is 0 Å². The average Bonchev–Trinajstić information content (AvgIpc) is 3.37. The van der Waals surface area contributed by atoms with Crippen molar-refractivity contribution in [2.45, 2.75) is 88.9 Å². The van der Waals surface area contributed by atoms with Crippen LogP contribution in [-0.2, 0) is 15.0 Å². The summed E-state index contributed by atoms with van der Waals surface area (Å²) in [5.74, 6) is -0.623. The van der Waals surface area contributed by atoms with E-state index in [-0.39, 0.29) is 35.3 Å². The number of nitrogens with one attached hydrogen (secondary N) is 3. The van der Waals surface area contributed by atoms with Crippen LogP contribution in [0.4, 0.5) is 5.69 Å². The van der Waals surface area contributed by atoms with Crippen LogP contribution in [0.1, 0.15) is 76.5 Å². The van der Waals surface area contributed by atoms with E-state index in [4.69, 9.17) is 0 Å². The second kappa shape index (κ2) is 11.6. The molecule has 8 heteroatoms. The molecule has 212 valence electrons. The number of pyridine rings is 1. The molecule has 40 heavy (non-hydrogen) atoms. The molecule has 3 unspecified atom stereocenters. The predicted molar refractivity (Wildman–Crippen MR) is 157 cm³/mol. The van der Waals surface area contributed by atoms with Gasteiger partial charge in [-0.15, -0.1) is 0 Å². The first-order valence-corrected chi connectivity index (χ1v) is 14.4. The van der Waals surface area contributed by atoms with Gasteiger partial charge in [-0.1, -0.05) is 70.4 Å². The smallest absolute Gasteiger partial charge is 0.248 e. The number of aliphatic hydroxyl groups is 1. The molecular weight excluding hydrogens is 504 g/mol. The number of H-pyrrole nitrogens is 1. The number of carbonyl (C=O) groups excluding carboxylic acids is 2. The van der Waals surface area contributed by atoms with E-state index in [2.05, 4.69) is 36.4 Å². The summed E-state index contributed by atoms with van der Waals surface area (Å²) in [5.41, 5.74) is 2.31. The fourth-order valence-corrected chi connectivity index (χ4v) is 5.98. The molecule has 1 aliphatic heterocycles. The van der Waals surface area contributed by atoms with E-state index in [1.165, 1.54) is 11.0 Å². The molecule has 1 aliphatic carbocycles. The number of benzene rings is 2. The number of amides is 2. The molecule has 2 aromatic carbocycles. The third kappa shape index (κ3) is 5.98. The number of aromatic nitrogens is 1. The Morgan fingerprint density at radius 2 is 1.73 bits per heavy atom. The molecule has 2 amide bonds. The first-order chi connectivity index (χ1) is 19.1. The molecule has 2 heterocycles. The number of β-amino-alcohol motifs (C(OH)–C–C–N with tert-alkyl or cyclic N) is 1. The lowest BCUT2D eigenvalue weighted by molar-refractivity contribution is -0.128. The summed E-state index contributed by atoms with van der Waals surface area (Å²) in [6.07, 6.45) is 4.62. The number of hydrogen-bond donors (Lipinski definition) is 4. The first kappa shape index (κ1) is 28.1. The molecule has 3 atom stereocenters. The number of hydrogen-bond acceptors (Lipinski definition) is 5. The largest absolute Gasteiger partial charge is 0.392 e. The van der Waals surface area contributed by atoms with Gasteiger partial charge in [0.1, 0.15) is 6.04 Å². The van der Waals surface area contributed by atoms with Crippen molar-refractivity contribution in [2.75, 3.05) is 11.4 Å². The zero-order chi connectivity index (χ0) is 28.4. The summed E-state index contributed by atoms with van der Waals surface area (Å²) in [6.45, 7) is 6.67. The van der Waals surface area contributed by atoms with Crippen molar-refractivity contribution in [3.63, 3.8) is 0 Å². The van der Waals surface area contributed by atoms with Crippen molar-refractivity contribution in [1.82, 2.24) is 15.6 Å². The summed E-state index contributed by atoms with van der Waals surface area (Å²) in [4.78, 5) is 45.9. The topological polar surface area (TPSA) is 115 Å². The second-order valence-electron chi connectivity index (χ2n) is 12.2. The van der Waals surface area contributed by atoms with Crippen LogP contribution in [0.25, 0.3) is 10.9 Å². The van der Waals surface area contributed by atoms with Crippen LogP contribution >= 0.6 is 0 Å². The van der Waals surface area contributed by atoms with Gasteiger partial charge in [0.25, 0.3) is 0 Å². The van der Waals surface area contributed by atoms with Gasteiger partial charge < -0.3 is 20.7 Å². The molecule has 4 N–H and O–H groups in total. The minimum absolute atomic E-state index is 0.0173. The van der Waals surface area contributed by atoms with Crippen molar-refractivity contribution in [3.8, 4) is 0 Å². The quantitative estimate of drug-likeness (QED) is 0.374. The number of aromatic amines is 1. The Hall–Kier alpha value is -3.49. The number of rotatable bonds is 6. The zero-order valence-electron chi connectivity index (χ0n) is 23.6. The Balaban J connectivity index is 1.67. The highest BCUT2D eigenvalue weighted by atomic mass is 16.3. The lowest BCUT2D eigenvalue weighted by Gasteiger charge is -2.35. The molecular formula is C32H40N4O4. The molecule has 8 nitrogen and oxygen atoms in total. The van der Waals surface area contributed by atoms with Crippen LogP contribution in [-0.4, -0.2) is 46.6 Å². The number of para-hydroxylation sites is 1. The number of carbonyl (C=O) groups is 2. The molecule has 5 rings (SSSR count). The molecule has 0 radical (unpaired) electrons. The Bertz CT molecular complexity index is 1420. The maximum Gasteiger partial charge on any atom is 0.248 e. The molecule has 0 bridgehead atoms. The highest BCUT2D eigenvalue weighted by Crippen LogP contribution is 2.34. The standard InChI is InChI=1S/C32H40N4O4/c1-32(2,3)20-13-15-22(16-14-20)36(31(40)27-17-23(37)19-33-27)29(30(39)34-21-9-5-4-6-10-21)25-18-28(38)35-26-12-8-7-11-24(25)26/h7-8,11-16,18,21,23,27,29,33,37H,4-6,9-10,17,19H2,1-3H3,(H,34,39)(H,35,38). The maximum atomic E-state index is 14.3. The van der Waals surface area contributed by atoms with Crippen molar-refractivity contribution < 1.29 is 14.7 Å². The van der Waals surface area contributed by atoms with Gasteiger partial charge in [0.15, 0.2) is 0 Å². The van der Waals surface area contributed by atoms with E-state index in [0.29, 0.717) is 28.7 Å². The highest BCUT2D eigenvalue weighted by Gasteiger charge is 2.40. The molecule has 1 saturated carbocycles. The van der Waals surface area contributed by atoms with Gasteiger partial charge in [-0.3, -0.25) is 19.3 Å². The number of anilines is 1. The number of fused-ring (bicyclic) bond motifs is 1. The summed E-state index contributed by atoms with van der Waals surface area (Å²) >= 11 is 0. The van der Waals surface area contributed by atoms with Gasteiger partial charge in [-0.2, -0.15) is 0 Å². The summed E-state index contributed by atoms with van der Waals surface area (Å²) in [7, 11) is 0. The van der Waals surface area contributed by atoms with Crippen molar-refractivity contribution in [3.05, 3.63) is 76.1 Å². The summed E-state index contributed by atoms with van der Waals surface area (Å²) < 4.78 is 0. The zero-order valence-corrected chi connectivity index (χ0v) is 23.6. The van der Waals surface area contributed by atoms with E-state index in [0.717, 1.165) is 37.7 Å². The molecule has 2 fully saturated rings. The van der Waals surface area contributed by atoms with Crippen LogP contribution in [0.15, 0.2) is 59.4 Å². The Kier molecular flexibility index (Phi) is 8.10. The van der Waals surface area contributed by atoms with Crippen LogP contribution < -0.4 is 21.1 Å². The van der Waals surface area contributed by atoms with E-state index in [1.54, 1.807) is 6.07 Å². The minimum atomic E-state index is -1.08. The van der Waals surface area contributed by atoms with Crippen LogP contribution in [0.2, 0.25) is 0 Å². The monoisotopic (exact) mass is 544 g/mol. The van der Waals surface area contributed by atoms with Gasteiger partial charge in [0.05, 0.1) is 12.1 Å². The van der Waals surface area contributed by atoms with Crippen molar-refractivity contribution in [2.24, 2.45) is 0 Å². The maximum absolute atomic E-state index is 14.3. The van der Waals surface area contributed by atoms with Gasteiger partial charge in [-0.25, -0.2) is 0 Å². The average molecular weight is 545 g/mol. The van der Waals surface area contributed by atoms with Gasteiger partial charge in [-0.05, 0) is 54.0 Å². The third-order valence-electron chi connectivity index (χ3n) is 8.19. The molecule has 2 aliphatic rings. The van der Waals surface area contributed by atoms with Crippen LogP contribution in [0, 0.1) is 0 Å². The fraction of sp³-hybridized carbons (Fsp3) is 0.469. The number of aliphatic hydroxyl groups excluding tert-OH is 1. The predicted octanol–water partition coefficient (Wildman–Crippen LogP) is 4.07. The first-order valence-electron chi connectivity index (χ1n) is 14.4. The van der Waals surface area contributed by atoms with E-state index in [9.17, 15) is 19.5 Å². The van der Waals surface area contributed by atoms with Crippen molar-refractivity contribution >= 4 is 28.4 Å². The van der Waals surface area contributed by atoms with E-state index in [1.807, 2.05) is 42.5 Å². The highest BCUT2D eigenvalue weighted by molar-refractivity contribution is 6.05. The van der Waals surface area contributed by atoms with E-state index >= 15 is 0 Å². The molecule has 0 spiro atoms. The fourth-order valence-electron chi connectivity index (χ4n) is 5.98.